The third kappa shape index (κ3) is 3.14. The molecular weight excluding hydrogens is 160 g/mol. The van der Waals surface area contributed by atoms with Crippen LogP contribution in [0.25, 0.3) is 0 Å². The van der Waals surface area contributed by atoms with Gasteiger partial charge in [-0.3, -0.25) is 0 Å². The number of ether oxygens (including phenoxy) is 1. The minimum atomic E-state index is 0.362. The largest absolute Gasteiger partial charge is 0.366 e. The molecular formula is C9H13ClO. The van der Waals surface area contributed by atoms with Crippen LogP contribution in [0.1, 0.15) is 25.7 Å². The van der Waals surface area contributed by atoms with Gasteiger partial charge in [0, 0.05) is 5.38 Å². The number of terminal acetylenes is 1. The van der Waals surface area contributed by atoms with Gasteiger partial charge in [-0.15, -0.1) is 18.0 Å². The highest BCUT2D eigenvalue weighted by molar-refractivity contribution is 6.20. The molecule has 0 bridgehead atoms. The molecule has 1 fully saturated rings. The first-order valence-corrected chi connectivity index (χ1v) is 4.45. The molecule has 0 saturated heterocycles. The van der Waals surface area contributed by atoms with Gasteiger partial charge in [-0.25, -0.2) is 0 Å². The molecule has 0 heterocycles. The van der Waals surface area contributed by atoms with Crippen LogP contribution in [-0.4, -0.2) is 18.1 Å². The first kappa shape index (κ1) is 8.90. The molecule has 11 heavy (non-hydrogen) atoms. The zero-order valence-electron chi connectivity index (χ0n) is 6.55. The van der Waals surface area contributed by atoms with Crippen LogP contribution in [0, 0.1) is 12.3 Å². The average molecular weight is 173 g/mol. The second-order valence-corrected chi connectivity index (χ2v) is 3.51. The first-order valence-electron chi connectivity index (χ1n) is 4.02. The molecule has 1 rings (SSSR count). The van der Waals surface area contributed by atoms with Crippen molar-refractivity contribution in [2.24, 2.45) is 0 Å². The van der Waals surface area contributed by atoms with Crippen molar-refractivity contribution in [1.82, 2.24) is 0 Å². The minimum absolute atomic E-state index is 0.362. The monoisotopic (exact) mass is 172 g/mol. The Balaban J connectivity index is 2.13. The molecule has 0 aromatic heterocycles. The zero-order valence-corrected chi connectivity index (χ0v) is 7.31. The maximum absolute atomic E-state index is 5.92. The summed E-state index contributed by atoms with van der Waals surface area (Å²) in [7, 11) is 0. The predicted molar refractivity (Wildman–Crippen MR) is 46.7 cm³/mol. The quantitative estimate of drug-likeness (QED) is 0.458. The Morgan fingerprint density at radius 2 is 2.00 bits per heavy atom. The number of hydrogen-bond donors (Lipinski definition) is 0. The summed E-state index contributed by atoms with van der Waals surface area (Å²) in [5, 5.41) is 0.362. The zero-order chi connectivity index (χ0) is 8.10. The lowest BCUT2D eigenvalue weighted by atomic mass is 9.97. The van der Waals surface area contributed by atoms with E-state index in [1.165, 1.54) is 0 Å². The summed E-state index contributed by atoms with van der Waals surface area (Å²) in [6, 6.07) is 0. The van der Waals surface area contributed by atoms with E-state index in [0.717, 1.165) is 25.7 Å². The van der Waals surface area contributed by atoms with Gasteiger partial charge in [0.05, 0.1) is 6.10 Å². The van der Waals surface area contributed by atoms with Crippen molar-refractivity contribution in [2.75, 3.05) is 6.61 Å². The van der Waals surface area contributed by atoms with Gasteiger partial charge in [-0.05, 0) is 25.7 Å². The highest BCUT2D eigenvalue weighted by Gasteiger charge is 2.19. The van der Waals surface area contributed by atoms with Crippen LogP contribution in [-0.2, 0) is 4.74 Å². The Morgan fingerprint density at radius 3 is 2.55 bits per heavy atom. The number of rotatable bonds is 2. The molecule has 1 aliphatic rings. The Morgan fingerprint density at radius 1 is 1.36 bits per heavy atom. The highest BCUT2D eigenvalue weighted by atomic mass is 35.5. The third-order valence-electron chi connectivity index (χ3n) is 2.01. The van der Waals surface area contributed by atoms with E-state index in [2.05, 4.69) is 5.92 Å². The molecule has 0 unspecified atom stereocenters. The summed E-state index contributed by atoms with van der Waals surface area (Å²) < 4.78 is 5.39. The van der Waals surface area contributed by atoms with Crippen LogP contribution < -0.4 is 0 Å². The Hall–Kier alpha value is -0.190. The molecule has 2 heteroatoms. The van der Waals surface area contributed by atoms with Gasteiger partial charge in [0.1, 0.15) is 6.61 Å². The van der Waals surface area contributed by atoms with E-state index in [4.69, 9.17) is 22.8 Å². The third-order valence-corrected chi connectivity index (χ3v) is 2.44. The van der Waals surface area contributed by atoms with Gasteiger partial charge in [-0.2, -0.15) is 0 Å². The molecule has 0 atom stereocenters. The summed E-state index contributed by atoms with van der Waals surface area (Å²) in [5.74, 6) is 2.47. The Kier molecular flexibility index (Phi) is 3.76. The van der Waals surface area contributed by atoms with Gasteiger partial charge >= 0.3 is 0 Å². The van der Waals surface area contributed by atoms with E-state index < -0.39 is 0 Å². The topological polar surface area (TPSA) is 9.23 Å². The van der Waals surface area contributed by atoms with Crippen LogP contribution >= 0.6 is 11.6 Å². The standard InChI is InChI=1S/C9H13ClO/c1-2-7-11-9-5-3-8(10)4-6-9/h1,8-9H,3-7H2. The predicted octanol–water partition coefficient (Wildman–Crippen LogP) is 2.19. The maximum atomic E-state index is 5.92. The fraction of sp³-hybridized carbons (Fsp3) is 0.778. The normalized spacial score (nSPS) is 31.3. The van der Waals surface area contributed by atoms with Crippen molar-refractivity contribution in [1.29, 1.82) is 0 Å². The van der Waals surface area contributed by atoms with Gasteiger partial charge in [-0.1, -0.05) is 5.92 Å². The van der Waals surface area contributed by atoms with Crippen molar-refractivity contribution < 1.29 is 4.74 Å². The van der Waals surface area contributed by atoms with E-state index in [1.807, 2.05) is 0 Å². The van der Waals surface area contributed by atoms with Crippen molar-refractivity contribution in [3.05, 3.63) is 0 Å². The summed E-state index contributed by atoms with van der Waals surface area (Å²) in [5.41, 5.74) is 0. The molecule has 62 valence electrons. The second kappa shape index (κ2) is 4.64. The number of halogens is 1. The van der Waals surface area contributed by atoms with Crippen molar-refractivity contribution in [2.45, 2.75) is 37.2 Å². The van der Waals surface area contributed by atoms with E-state index in [9.17, 15) is 0 Å². The summed E-state index contributed by atoms with van der Waals surface area (Å²) in [6.45, 7) is 0.442. The van der Waals surface area contributed by atoms with E-state index in [0.29, 0.717) is 18.1 Å². The van der Waals surface area contributed by atoms with Crippen LogP contribution in [0.3, 0.4) is 0 Å². The van der Waals surface area contributed by atoms with Crippen LogP contribution in [0.15, 0.2) is 0 Å². The number of hydrogen-bond acceptors (Lipinski definition) is 1. The van der Waals surface area contributed by atoms with Crippen molar-refractivity contribution in [3.63, 3.8) is 0 Å². The van der Waals surface area contributed by atoms with E-state index in [-0.39, 0.29) is 0 Å². The van der Waals surface area contributed by atoms with Crippen LogP contribution in [0.5, 0.6) is 0 Å². The lowest BCUT2D eigenvalue weighted by Gasteiger charge is -2.24. The summed E-state index contributed by atoms with van der Waals surface area (Å²) in [4.78, 5) is 0. The van der Waals surface area contributed by atoms with Gasteiger partial charge in [0.25, 0.3) is 0 Å². The Labute approximate surface area is 73.1 Å². The van der Waals surface area contributed by atoms with Crippen LogP contribution in [0.2, 0.25) is 0 Å². The maximum Gasteiger partial charge on any atom is 0.107 e. The smallest absolute Gasteiger partial charge is 0.107 e. The minimum Gasteiger partial charge on any atom is -0.366 e. The Bertz CT molecular complexity index is 142. The average Bonchev–Trinajstić information content (AvgIpc) is 2.04. The second-order valence-electron chi connectivity index (χ2n) is 2.89. The highest BCUT2D eigenvalue weighted by Crippen LogP contribution is 2.24. The molecule has 0 spiro atoms. The molecule has 0 amide bonds. The SMILES string of the molecule is C#CCOC1CCC(Cl)CC1. The fourth-order valence-corrected chi connectivity index (χ4v) is 1.61. The molecule has 0 aliphatic heterocycles. The summed E-state index contributed by atoms with van der Waals surface area (Å²) >= 11 is 5.92. The molecule has 1 saturated carbocycles. The molecule has 1 nitrogen and oxygen atoms in total. The van der Waals surface area contributed by atoms with Gasteiger partial charge in [0.15, 0.2) is 0 Å². The molecule has 0 radical (unpaired) electrons. The first-order chi connectivity index (χ1) is 5.33. The van der Waals surface area contributed by atoms with E-state index in [1.54, 1.807) is 0 Å². The molecule has 0 N–H and O–H groups in total. The van der Waals surface area contributed by atoms with Crippen LogP contribution in [0.4, 0.5) is 0 Å². The van der Waals surface area contributed by atoms with Gasteiger partial charge < -0.3 is 4.74 Å². The van der Waals surface area contributed by atoms with Gasteiger partial charge in [0.2, 0.25) is 0 Å². The fourth-order valence-electron chi connectivity index (χ4n) is 1.35. The molecule has 0 aromatic carbocycles. The summed E-state index contributed by atoms with van der Waals surface area (Å²) in [6.07, 6.45) is 9.70. The lowest BCUT2D eigenvalue weighted by molar-refractivity contribution is 0.0505. The molecule has 1 aliphatic carbocycles. The molecule has 0 aromatic rings. The van der Waals surface area contributed by atoms with Crippen molar-refractivity contribution in [3.8, 4) is 12.3 Å². The lowest BCUT2D eigenvalue weighted by Crippen LogP contribution is -2.21. The van der Waals surface area contributed by atoms with Crippen molar-refractivity contribution >= 4 is 11.6 Å². The number of alkyl halides is 1. The van der Waals surface area contributed by atoms with E-state index >= 15 is 0 Å².